The molecule has 1 unspecified atom stereocenters. The van der Waals surface area contributed by atoms with E-state index in [0.29, 0.717) is 35.8 Å². The van der Waals surface area contributed by atoms with Crippen LogP contribution in [0.25, 0.3) is 0 Å². The fourth-order valence-electron chi connectivity index (χ4n) is 4.07. The van der Waals surface area contributed by atoms with E-state index in [2.05, 4.69) is 5.32 Å². The molecule has 2 aliphatic heterocycles. The summed E-state index contributed by atoms with van der Waals surface area (Å²) in [5.74, 6) is 1.16. The van der Waals surface area contributed by atoms with Crippen molar-refractivity contribution in [1.29, 1.82) is 5.26 Å². The lowest BCUT2D eigenvalue weighted by Crippen LogP contribution is -2.56. The van der Waals surface area contributed by atoms with Crippen LogP contribution in [0.4, 0.5) is 10.5 Å². The van der Waals surface area contributed by atoms with Crippen LogP contribution in [0.2, 0.25) is 0 Å². The third kappa shape index (κ3) is 3.50. The smallest absolute Gasteiger partial charge is 0.322 e. The normalized spacial score (nSPS) is 17.5. The molecule has 0 spiro atoms. The Labute approximate surface area is 174 Å². The summed E-state index contributed by atoms with van der Waals surface area (Å²) < 4.78 is 10.8. The Bertz CT molecular complexity index is 1050. The number of rotatable bonds is 3. The van der Waals surface area contributed by atoms with E-state index in [9.17, 15) is 9.59 Å². The van der Waals surface area contributed by atoms with E-state index < -0.39 is 0 Å². The zero-order valence-corrected chi connectivity index (χ0v) is 16.8. The molecule has 8 heteroatoms. The Morgan fingerprint density at radius 3 is 2.70 bits per heavy atom. The summed E-state index contributed by atoms with van der Waals surface area (Å²) in [7, 11) is 3.17. The molecule has 0 bridgehead atoms. The number of fused-ring (bicyclic) bond motifs is 3. The number of amides is 3. The summed E-state index contributed by atoms with van der Waals surface area (Å²) in [6.45, 7) is 0.993. The standard InChI is InChI=1S/C22H22N4O4/c1-29-19-9-15-6-7-26-18(17(15)10-20(19)30-2)12-25(13-21(26)27)22(28)24-16-5-3-4-14(8-16)11-23/h3-5,8-10,18H,6-7,12-13H2,1-2H3,(H,24,28). The highest BCUT2D eigenvalue weighted by atomic mass is 16.5. The number of nitrogens with zero attached hydrogens (tertiary/aromatic N) is 3. The molecule has 1 atom stereocenters. The molecular weight excluding hydrogens is 384 g/mol. The quantitative estimate of drug-likeness (QED) is 0.845. The van der Waals surface area contributed by atoms with Gasteiger partial charge in [0.25, 0.3) is 0 Å². The summed E-state index contributed by atoms with van der Waals surface area (Å²) in [5.41, 5.74) is 3.03. The van der Waals surface area contributed by atoms with Crippen molar-refractivity contribution in [3.8, 4) is 17.6 Å². The first-order valence-corrected chi connectivity index (χ1v) is 9.64. The van der Waals surface area contributed by atoms with Gasteiger partial charge in [-0.3, -0.25) is 4.79 Å². The number of carbonyl (C=O) groups is 2. The highest BCUT2D eigenvalue weighted by Gasteiger charge is 2.39. The molecule has 3 amide bonds. The second-order valence-corrected chi connectivity index (χ2v) is 7.26. The zero-order chi connectivity index (χ0) is 21.3. The number of anilines is 1. The highest BCUT2D eigenvalue weighted by molar-refractivity contribution is 5.93. The Balaban J connectivity index is 1.59. The molecule has 8 nitrogen and oxygen atoms in total. The van der Waals surface area contributed by atoms with Crippen LogP contribution in [0.5, 0.6) is 11.5 Å². The first kappa shape index (κ1) is 19.6. The number of urea groups is 1. The molecule has 1 N–H and O–H groups in total. The van der Waals surface area contributed by atoms with Crippen LogP contribution in [0, 0.1) is 11.3 Å². The molecule has 0 saturated carbocycles. The highest BCUT2D eigenvalue weighted by Crippen LogP contribution is 2.39. The third-order valence-corrected chi connectivity index (χ3v) is 5.57. The lowest BCUT2D eigenvalue weighted by Gasteiger charge is -2.44. The van der Waals surface area contributed by atoms with Gasteiger partial charge in [0, 0.05) is 18.8 Å². The van der Waals surface area contributed by atoms with Crippen molar-refractivity contribution < 1.29 is 19.1 Å². The number of hydrogen-bond donors (Lipinski definition) is 1. The summed E-state index contributed by atoms with van der Waals surface area (Å²) in [4.78, 5) is 29.0. The van der Waals surface area contributed by atoms with Gasteiger partial charge >= 0.3 is 6.03 Å². The van der Waals surface area contributed by atoms with Crippen molar-refractivity contribution in [2.75, 3.05) is 39.2 Å². The van der Waals surface area contributed by atoms with Gasteiger partial charge in [-0.05, 0) is 47.9 Å². The molecule has 30 heavy (non-hydrogen) atoms. The monoisotopic (exact) mass is 406 g/mol. The van der Waals surface area contributed by atoms with Crippen molar-refractivity contribution in [3.63, 3.8) is 0 Å². The van der Waals surface area contributed by atoms with Crippen LogP contribution in [0.3, 0.4) is 0 Å². The maximum absolute atomic E-state index is 12.8. The van der Waals surface area contributed by atoms with Gasteiger partial charge in [0.2, 0.25) is 5.91 Å². The molecule has 1 fully saturated rings. The average Bonchev–Trinajstić information content (AvgIpc) is 2.77. The molecular formula is C22H22N4O4. The number of hydrogen-bond acceptors (Lipinski definition) is 5. The van der Waals surface area contributed by atoms with Crippen LogP contribution >= 0.6 is 0 Å². The number of benzene rings is 2. The van der Waals surface area contributed by atoms with Crippen molar-refractivity contribution in [1.82, 2.24) is 9.80 Å². The molecule has 2 aromatic carbocycles. The number of nitrogens with one attached hydrogen (secondary N) is 1. The Kier molecular flexibility index (Phi) is 5.19. The molecule has 0 aromatic heterocycles. The molecule has 0 aliphatic carbocycles. The molecule has 1 saturated heterocycles. The Morgan fingerprint density at radius 2 is 1.97 bits per heavy atom. The Hall–Kier alpha value is -3.73. The number of nitriles is 1. The fourth-order valence-corrected chi connectivity index (χ4v) is 4.07. The van der Waals surface area contributed by atoms with Crippen molar-refractivity contribution in [3.05, 3.63) is 53.1 Å². The number of carbonyl (C=O) groups excluding carboxylic acids is 2. The lowest BCUT2D eigenvalue weighted by molar-refractivity contribution is -0.139. The molecule has 154 valence electrons. The first-order valence-electron chi connectivity index (χ1n) is 9.64. The van der Waals surface area contributed by atoms with Crippen molar-refractivity contribution in [2.24, 2.45) is 0 Å². The van der Waals surface area contributed by atoms with Crippen molar-refractivity contribution >= 4 is 17.6 Å². The van der Waals surface area contributed by atoms with E-state index >= 15 is 0 Å². The molecule has 2 aliphatic rings. The minimum Gasteiger partial charge on any atom is -0.493 e. The number of methoxy groups -OCH3 is 2. The predicted octanol–water partition coefficient (Wildman–Crippen LogP) is 2.55. The van der Waals surface area contributed by atoms with Crippen LogP contribution in [0.1, 0.15) is 22.7 Å². The Morgan fingerprint density at radius 1 is 1.20 bits per heavy atom. The van der Waals surface area contributed by atoms with Crippen LogP contribution < -0.4 is 14.8 Å². The van der Waals surface area contributed by atoms with Gasteiger partial charge in [-0.25, -0.2) is 4.79 Å². The zero-order valence-electron chi connectivity index (χ0n) is 16.8. The SMILES string of the molecule is COc1cc2c(cc1OC)C1CN(C(=O)Nc3cccc(C#N)c3)CC(=O)N1CC2. The van der Waals surface area contributed by atoms with Gasteiger partial charge in [0.05, 0.1) is 31.9 Å². The van der Waals surface area contributed by atoms with E-state index in [-0.39, 0.29) is 24.5 Å². The second-order valence-electron chi connectivity index (χ2n) is 7.26. The first-order chi connectivity index (χ1) is 14.5. The maximum Gasteiger partial charge on any atom is 0.322 e. The maximum atomic E-state index is 12.8. The van der Waals surface area contributed by atoms with Gasteiger partial charge in [-0.1, -0.05) is 6.07 Å². The minimum absolute atomic E-state index is 0.0168. The summed E-state index contributed by atoms with van der Waals surface area (Å²) in [6, 6.07) is 12.0. The third-order valence-electron chi connectivity index (χ3n) is 5.57. The van der Waals surface area contributed by atoms with E-state index in [1.165, 1.54) is 4.90 Å². The van der Waals surface area contributed by atoms with Gasteiger partial charge in [-0.2, -0.15) is 5.26 Å². The second kappa shape index (κ2) is 7.95. The van der Waals surface area contributed by atoms with Crippen molar-refractivity contribution in [2.45, 2.75) is 12.5 Å². The van der Waals surface area contributed by atoms with E-state index in [1.54, 1.807) is 38.5 Å². The summed E-state index contributed by atoms with van der Waals surface area (Å²) in [5, 5.41) is 11.8. The molecule has 2 aromatic rings. The molecule has 0 radical (unpaired) electrons. The van der Waals surface area contributed by atoms with Crippen LogP contribution in [0.15, 0.2) is 36.4 Å². The number of piperazine rings is 1. The van der Waals surface area contributed by atoms with Gasteiger partial charge in [0.15, 0.2) is 11.5 Å². The fraction of sp³-hybridized carbons (Fsp3) is 0.318. The average molecular weight is 406 g/mol. The van der Waals surface area contributed by atoms with E-state index in [0.717, 1.165) is 17.5 Å². The lowest BCUT2D eigenvalue weighted by atomic mass is 9.90. The summed E-state index contributed by atoms with van der Waals surface area (Å²) in [6.07, 6.45) is 0.727. The van der Waals surface area contributed by atoms with E-state index in [1.807, 2.05) is 23.1 Å². The number of ether oxygens (including phenoxy) is 2. The minimum atomic E-state index is -0.370. The van der Waals surface area contributed by atoms with E-state index in [4.69, 9.17) is 14.7 Å². The largest absolute Gasteiger partial charge is 0.493 e. The van der Waals surface area contributed by atoms with Crippen LogP contribution in [-0.4, -0.2) is 55.6 Å². The van der Waals surface area contributed by atoms with Gasteiger partial charge in [0.1, 0.15) is 6.54 Å². The predicted molar refractivity (Wildman–Crippen MR) is 109 cm³/mol. The molecule has 4 rings (SSSR count). The van der Waals surface area contributed by atoms with Gasteiger partial charge in [-0.15, -0.1) is 0 Å². The summed E-state index contributed by atoms with van der Waals surface area (Å²) >= 11 is 0. The van der Waals surface area contributed by atoms with Crippen LogP contribution in [-0.2, 0) is 11.2 Å². The van der Waals surface area contributed by atoms with Gasteiger partial charge < -0.3 is 24.6 Å². The molecule has 2 heterocycles. The topological polar surface area (TPSA) is 94.9 Å².